The smallest absolute Gasteiger partial charge is 0.248 e. The summed E-state index contributed by atoms with van der Waals surface area (Å²) >= 11 is 0. The third-order valence-electron chi connectivity index (χ3n) is 2.64. The molecule has 88 valence electrons. The number of rotatable bonds is 2. The van der Waals surface area contributed by atoms with E-state index >= 15 is 0 Å². The van der Waals surface area contributed by atoms with Gasteiger partial charge < -0.3 is 0 Å². The molecule has 0 aromatic heterocycles. The van der Waals surface area contributed by atoms with Crippen molar-refractivity contribution in [1.82, 2.24) is 0 Å². The third-order valence-corrected chi connectivity index (χ3v) is 2.64. The number of alkyl halides is 2. The second kappa shape index (κ2) is 4.58. The van der Waals surface area contributed by atoms with E-state index in [1.54, 1.807) is 0 Å². The van der Waals surface area contributed by atoms with Gasteiger partial charge in [-0.3, -0.25) is 4.99 Å². The number of hydrogen-bond acceptors (Lipinski definition) is 1. The molecule has 0 aliphatic heterocycles. The van der Waals surface area contributed by atoms with Gasteiger partial charge >= 0.3 is 0 Å². The van der Waals surface area contributed by atoms with Crippen LogP contribution in [-0.2, 0) is 0 Å². The monoisotopic (exact) mass is 217 g/mol. The lowest BCUT2D eigenvalue weighted by Crippen LogP contribution is -2.25. The quantitative estimate of drug-likeness (QED) is 0.621. The molecule has 0 N–H and O–H groups in total. The third kappa shape index (κ3) is 5.24. The predicted molar refractivity (Wildman–Crippen MR) is 59.7 cm³/mol. The molecular weight excluding hydrogens is 196 g/mol. The van der Waals surface area contributed by atoms with Gasteiger partial charge in [-0.15, -0.1) is 0 Å². The van der Waals surface area contributed by atoms with Crippen LogP contribution < -0.4 is 0 Å². The van der Waals surface area contributed by atoms with Crippen LogP contribution >= 0.6 is 0 Å². The summed E-state index contributed by atoms with van der Waals surface area (Å²) in [5.41, 5.74) is 0.190. The van der Waals surface area contributed by atoms with Gasteiger partial charge in [0.25, 0.3) is 0 Å². The van der Waals surface area contributed by atoms with Crippen LogP contribution in [-0.4, -0.2) is 18.7 Å². The summed E-state index contributed by atoms with van der Waals surface area (Å²) in [6.45, 7) is 7.15. The van der Waals surface area contributed by atoms with Gasteiger partial charge in [-0.1, -0.05) is 20.8 Å². The summed E-state index contributed by atoms with van der Waals surface area (Å²) < 4.78 is 25.7. The van der Waals surface area contributed by atoms with Crippen molar-refractivity contribution >= 4 is 6.21 Å². The standard InChI is InChI=1S/C12H21F2N/c1-11(2,3)9-15-8-10-4-6-12(13,14)7-5-10/h8,10H,4-7,9H2,1-3H3. The molecule has 0 aromatic carbocycles. The fourth-order valence-electron chi connectivity index (χ4n) is 1.69. The molecule has 1 aliphatic carbocycles. The first-order chi connectivity index (χ1) is 6.79. The summed E-state index contributed by atoms with van der Waals surface area (Å²) in [4.78, 5) is 4.34. The predicted octanol–water partition coefficient (Wildman–Crippen LogP) is 3.93. The first-order valence-electron chi connectivity index (χ1n) is 5.66. The van der Waals surface area contributed by atoms with E-state index in [-0.39, 0.29) is 24.2 Å². The van der Waals surface area contributed by atoms with Gasteiger partial charge in [0.05, 0.1) is 0 Å². The Morgan fingerprint density at radius 2 is 1.80 bits per heavy atom. The van der Waals surface area contributed by atoms with E-state index in [0.29, 0.717) is 12.8 Å². The van der Waals surface area contributed by atoms with E-state index in [1.807, 2.05) is 6.21 Å². The zero-order chi connectivity index (χ0) is 11.5. The van der Waals surface area contributed by atoms with E-state index in [9.17, 15) is 8.78 Å². The van der Waals surface area contributed by atoms with Crippen LogP contribution in [0, 0.1) is 11.3 Å². The average Bonchev–Trinajstić information content (AvgIpc) is 2.06. The molecule has 1 nitrogen and oxygen atoms in total. The van der Waals surface area contributed by atoms with Crippen molar-refractivity contribution in [2.75, 3.05) is 6.54 Å². The van der Waals surface area contributed by atoms with Gasteiger partial charge in [-0.2, -0.15) is 0 Å². The van der Waals surface area contributed by atoms with Crippen molar-refractivity contribution in [3.05, 3.63) is 0 Å². The second-order valence-electron chi connectivity index (χ2n) is 5.74. The van der Waals surface area contributed by atoms with Gasteiger partial charge in [0.15, 0.2) is 0 Å². The first-order valence-corrected chi connectivity index (χ1v) is 5.66. The molecule has 15 heavy (non-hydrogen) atoms. The zero-order valence-electron chi connectivity index (χ0n) is 9.89. The largest absolute Gasteiger partial charge is 0.297 e. The molecule has 1 fully saturated rings. The highest BCUT2D eigenvalue weighted by atomic mass is 19.3. The molecule has 0 saturated heterocycles. The van der Waals surface area contributed by atoms with Crippen molar-refractivity contribution < 1.29 is 8.78 Å². The van der Waals surface area contributed by atoms with Gasteiger partial charge in [0.2, 0.25) is 5.92 Å². The van der Waals surface area contributed by atoms with Crippen LogP contribution in [0.5, 0.6) is 0 Å². The molecule has 1 rings (SSSR count). The normalized spacial score (nSPS) is 23.5. The summed E-state index contributed by atoms with van der Waals surface area (Å²) in [5, 5.41) is 0. The van der Waals surface area contributed by atoms with E-state index < -0.39 is 5.92 Å². The number of hydrogen-bond donors (Lipinski definition) is 0. The molecule has 0 amide bonds. The zero-order valence-corrected chi connectivity index (χ0v) is 9.89. The molecule has 1 saturated carbocycles. The Hall–Kier alpha value is -0.470. The summed E-state index contributed by atoms with van der Waals surface area (Å²) in [5.74, 6) is -2.15. The van der Waals surface area contributed by atoms with Gasteiger partial charge in [-0.25, -0.2) is 8.78 Å². The fraction of sp³-hybridized carbons (Fsp3) is 0.917. The average molecular weight is 217 g/mol. The Kier molecular flexibility index (Phi) is 3.85. The van der Waals surface area contributed by atoms with Crippen molar-refractivity contribution in [3.63, 3.8) is 0 Å². The highest BCUT2D eigenvalue weighted by Gasteiger charge is 2.34. The minimum atomic E-state index is -2.42. The highest BCUT2D eigenvalue weighted by Crippen LogP contribution is 2.35. The summed E-state index contributed by atoms with van der Waals surface area (Å²) in [6, 6.07) is 0. The molecule has 0 atom stereocenters. The molecule has 1 aliphatic rings. The number of halogens is 2. The van der Waals surface area contributed by atoms with Crippen LogP contribution in [0.2, 0.25) is 0 Å². The van der Waals surface area contributed by atoms with E-state index in [2.05, 4.69) is 25.8 Å². The van der Waals surface area contributed by atoms with Crippen molar-refractivity contribution in [1.29, 1.82) is 0 Å². The SMILES string of the molecule is CC(C)(C)CN=CC1CCC(F)(F)CC1. The number of aliphatic imine (C=N–C) groups is 1. The van der Waals surface area contributed by atoms with Crippen molar-refractivity contribution in [2.45, 2.75) is 52.4 Å². The maximum atomic E-state index is 12.8. The molecule has 0 heterocycles. The lowest BCUT2D eigenvalue weighted by molar-refractivity contribution is -0.0390. The molecule has 0 radical (unpaired) electrons. The van der Waals surface area contributed by atoms with Crippen LogP contribution in [0.1, 0.15) is 46.5 Å². The van der Waals surface area contributed by atoms with Crippen LogP contribution in [0.15, 0.2) is 4.99 Å². The summed E-state index contributed by atoms with van der Waals surface area (Å²) in [6.07, 6.45) is 3.11. The Morgan fingerprint density at radius 3 is 2.27 bits per heavy atom. The topological polar surface area (TPSA) is 12.4 Å². The van der Waals surface area contributed by atoms with E-state index in [4.69, 9.17) is 0 Å². The van der Waals surface area contributed by atoms with Gasteiger partial charge in [0, 0.05) is 25.6 Å². The Labute approximate surface area is 91.0 Å². The second-order valence-corrected chi connectivity index (χ2v) is 5.74. The molecule has 0 aromatic rings. The lowest BCUT2D eigenvalue weighted by Gasteiger charge is -2.26. The molecule has 0 spiro atoms. The minimum Gasteiger partial charge on any atom is -0.297 e. The van der Waals surface area contributed by atoms with Crippen molar-refractivity contribution in [2.24, 2.45) is 16.3 Å². The highest BCUT2D eigenvalue weighted by molar-refractivity contribution is 5.60. The first kappa shape index (κ1) is 12.6. The molecule has 3 heteroatoms. The summed E-state index contributed by atoms with van der Waals surface area (Å²) in [7, 11) is 0. The Balaban J connectivity index is 2.30. The molecular formula is C12H21F2N. The van der Waals surface area contributed by atoms with Gasteiger partial charge in [-0.05, 0) is 24.2 Å². The molecule has 0 bridgehead atoms. The Bertz CT molecular complexity index is 218. The van der Waals surface area contributed by atoms with E-state index in [1.165, 1.54) is 0 Å². The van der Waals surface area contributed by atoms with Crippen LogP contribution in [0.25, 0.3) is 0 Å². The molecule has 0 unspecified atom stereocenters. The minimum absolute atomic E-state index is 0.0270. The fourth-order valence-corrected chi connectivity index (χ4v) is 1.69. The lowest BCUT2D eigenvalue weighted by atomic mass is 9.87. The Morgan fingerprint density at radius 1 is 1.27 bits per heavy atom. The number of nitrogens with zero attached hydrogens (tertiary/aromatic N) is 1. The van der Waals surface area contributed by atoms with Gasteiger partial charge in [0.1, 0.15) is 0 Å². The maximum absolute atomic E-state index is 12.8. The van der Waals surface area contributed by atoms with Crippen molar-refractivity contribution in [3.8, 4) is 0 Å². The van der Waals surface area contributed by atoms with Crippen LogP contribution in [0.4, 0.5) is 8.78 Å². The van der Waals surface area contributed by atoms with E-state index in [0.717, 1.165) is 6.54 Å². The maximum Gasteiger partial charge on any atom is 0.248 e. The van der Waals surface area contributed by atoms with Crippen LogP contribution in [0.3, 0.4) is 0 Å².